The molecule has 76 valence electrons. The van der Waals surface area contributed by atoms with Crippen molar-refractivity contribution in [3.63, 3.8) is 0 Å². The van der Waals surface area contributed by atoms with Gasteiger partial charge in [0.1, 0.15) is 0 Å². The van der Waals surface area contributed by atoms with Gasteiger partial charge in [-0.25, -0.2) is 0 Å². The molecule has 0 amide bonds. The Kier molecular flexibility index (Phi) is 2.58. The van der Waals surface area contributed by atoms with Gasteiger partial charge in [0.25, 0.3) is 0 Å². The van der Waals surface area contributed by atoms with Gasteiger partial charge in [-0.2, -0.15) is 0 Å². The normalized spacial score (nSPS) is 30.2. The number of hydrogen-bond donors (Lipinski definition) is 2. The summed E-state index contributed by atoms with van der Waals surface area (Å²) in [6, 6.07) is -1.63. The molecule has 0 heterocycles. The van der Waals surface area contributed by atoms with Crippen molar-refractivity contribution in [3.8, 4) is 0 Å². The molecule has 1 rings (SSSR count). The Morgan fingerprint density at radius 2 is 2.00 bits per heavy atom. The van der Waals surface area contributed by atoms with Crippen LogP contribution < -0.4 is 5.48 Å². The molecule has 0 aromatic carbocycles. The molecule has 2 N–H and O–H groups in total. The molecule has 1 aliphatic rings. The molecule has 0 radical (unpaired) electrons. The maximum Gasteiger partial charge on any atom is 0.384 e. The van der Waals surface area contributed by atoms with Crippen LogP contribution in [0.4, 0.5) is 0 Å². The Hall–Kier alpha value is -1.80. The average molecular weight is 201 g/mol. The van der Waals surface area contributed by atoms with Crippen LogP contribution in [0.2, 0.25) is 0 Å². The van der Waals surface area contributed by atoms with E-state index in [1.807, 2.05) is 0 Å². The van der Waals surface area contributed by atoms with Crippen molar-refractivity contribution in [3.05, 3.63) is 44.5 Å². The summed E-state index contributed by atoms with van der Waals surface area (Å²) in [4.78, 5) is 19.3. The van der Waals surface area contributed by atoms with Crippen molar-refractivity contribution in [2.75, 3.05) is 0 Å². The van der Waals surface area contributed by atoms with E-state index in [9.17, 15) is 20.2 Å². The standard InChI is InChI=1S/C6H7N3O5/c10-7-6(9(13)14)4-2-1-3-5(6)8(11)12/h1-5,7,10H. The van der Waals surface area contributed by atoms with Gasteiger partial charge >= 0.3 is 11.7 Å². The fourth-order valence-corrected chi connectivity index (χ4v) is 1.16. The average Bonchev–Trinajstić information content (AvgIpc) is 2.17. The lowest BCUT2D eigenvalue weighted by atomic mass is 9.97. The van der Waals surface area contributed by atoms with E-state index < -0.39 is 21.6 Å². The summed E-state index contributed by atoms with van der Waals surface area (Å²) < 4.78 is 0. The molecule has 8 nitrogen and oxygen atoms in total. The molecule has 0 saturated heterocycles. The first-order valence-electron chi connectivity index (χ1n) is 3.60. The van der Waals surface area contributed by atoms with Crippen LogP contribution in [0.25, 0.3) is 0 Å². The van der Waals surface area contributed by atoms with Gasteiger partial charge in [-0.05, 0) is 6.08 Å². The fourth-order valence-electron chi connectivity index (χ4n) is 1.16. The van der Waals surface area contributed by atoms with Gasteiger partial charge in [0, 0.05) is 11.0 Å². The first-order valence-corrected chi connectivity index (χ1v) is 3.60. The summed E-state index contributed by atoms with van der Waals surface area (Å²) in [5.74, 6) is 0. The third-order valence-corrected chi connectivity index (χ3v) is 1.91. The lowest BCUT2D eigenvalue weighted by molar-refractivity contribution is -0.647. The molecule has 1 aliphatic carbocycles. The van der Waals surface area contributed by atoms with Gasteiger partial charge in [0.15, 0.2) is 0 Å². The molecule has 0 bridgehead atoms. The van der Waals surface area contributed by atoms with Crippen LogP contribution in [0.5, 0.6) is 0 Å². The van der Waals surface area contributed by atoms with Gasteiger partial charge in [-0.15, -0.1) is 5.48 Å². The second-order valence-electron chi connectivity index (χ2n) is 2.67. The van der Waals surface area contributed by atoms with E-state index in [0.29, 0.717) is 0 Å². The van der Waals surface area contributed by atoms with E-state index in [1.54, 1.807) is 0 Å². The van der Waals surface area contributed by atoms with Gasteiger partial charge in [-0.1, -0.05) is 12.2 Å². The van der Waals surface area contributed by atoms with Crippen molar-refractivity contribution in [1.82, 2.24) is 5.48 Å². The summed E-state index contributed by atoms with van der Waals surface area (Å²) in [5.41, 5.74) is -0.910. The maximum atomic E-state index is 10.6. The van der Waals surface area contributed by atoms with Crippen LogP contribution >= 0.6 is 0 Å². The second-order valence-corrected chi connectivity index (χ2v) is 2.67. The number of nitrogens with one attached hydrogen (secondary N) is 1. The molecule has 8 heteroatoms. The topological polar surface area (TPSA) is 119 Å². The van der Waals surface area contributed by atoms with E-state index in [2.05, 4.69) is 0 Å². The summed E-state index contributed by atoms with van der Waals surface area (Å²) in [6.07, 6.45) is 4.53. The number of nitrogens with zero attached hydrogens (tertiary/aromatic N) is 2. The van der Waals surface area contributed by atoms with Crippen molar-refractivity contribution in [2.24, 2.45) is 0 Å². The Morgan fingerprint density at radius 1 is 1.36 bits per heavy atom. The molecular formula is C6H7N3O5. The lowest BCUT2D eigenvalue weighted by Gasteiger charge is -2.22. The van der Waals surface area contributed by atoms with Crippen LogP contribution in [0.1, 0.15) is 0 Å². The second kappa shape index (κ2) is 3.52. The number of rotatable bonds is 3. The first-order chi connectivity index (χ1) is 6.54. The van der Waals surface area contributed by atoms with Gasteiger partial charge < -0.3 is 5.21 Å². The summed E-state index contributed by atoms with van der Waals surface area (Å²) in [7, 11) is 0. The highest BCUT2D eigenvalue weighted by Crippen LogP contribution is 2.20. The highest BCUT2D eigenvalue weighted by Gasteiger charge is 2.56. The predicted octanol–water partition coefficient (Wildman–Crippen LogP) is -0.290. The van der Waals surface area contributed by atoms with Gasteiger partial charge in [-0.3, -0.25) is 20.2 Å². The molecule has 0 fully saturated rings. The quantitative estimate of drug-likeness (QED) is 0.368. The molecule has 0 spiro atoms. The molecular weight excluding hydrogens is 194 g/mol. The SMILES string of the molecule is O=[N+]([O-])C1C=CC=CC1(NO)[N+](=O)[O-]. The Balaban J connectivity index is 3.15. The van der Waals surface area contributed by atoms with Crippen LogP contribution in [-0.4, -0.2) is 26.8 Å². The largest absolute Gasteiger partial charge is 0.384 e. The van der Waals surface area contributed by atoms with Crippen molar-refractivity contribution in [2.45, 2.75) is 11.7 Å². The maximum absolute atomic E-state index is 10.6. The number of hydroxylamine groups is 1. The minimum absolute atomic E-state index is 0.841. The Bertz CT molecular complexity index is 325. The number of allylic oxidation sites excluding steroid dienone is 2. The summed E-state index contributed by atoms with van der Waals surface area (Å²) >= 11 is 0. The van der Waals surface area contributed by atoms with Crippen molar-refractivity contribution in [1.29, 1.82) is 0 Å². The fraction of sp³-hybridized carbons (Fsp3) is 0.333. The van der Waals surface area contributed by atoms with E-state index in [-0.39, 0.29) is 0 Å². The van der Waals surface area contributed by atoms with Crippen LogP contribution in [0, 0.1) is 20.2 Å². The first kappa shape index (κ1) is 10.3. The third kappa shape index (κ3) is 1.36. The number of nitro groups is 2. The molecule has 0 aliphatic heterocycles. The van der Waals surface area contributed by atoms with Crippen molar-refractivity contribution < 1.29 is 15.1 Å². The zero-order chi connectivity index (χ0) is 10.8. The van der Waals surface area contributed by atoms with Crippen LogP contribution in [0.15, 0.2) is 24.3 Å². The van der Waals surface area contributed by atoms with E-state index in [1.165, 1.54) is 17.6 Å². The summed E-state index contributed by atoms with van der Waals surface area (Å²) in [5, 5.41) is 29.8. The molecule has 0 aromatic heterocycles. The van der Waals surface area contributed by atoms with Crippen molar-refractivity contribution >= 4 is 0 Å². The van der Waals surface area contributed by atoms with Gasteiger partial charge in [0.2, 0.25) is 0 Å². The number of hydrogen-bond acceptors (Lipinski definition) is 6. The predicted molar refractivity (Wildman–Crippen MR) is 43.7 cm³/mol. The van der Waals surface area contributed by atoms with E-state index in [4.69, 9.17) is 5.21 Å². The lowest BCUT2D eigenvalue weighted by Crippen LogP contribution is -2.60. The highest BCUT2D eigenvalue weighted by molar-refractivity contribution is 5.21. The van der Waals surface area contributed by atoms with Gasteiger partial charge in [0.05, 0.1) is 4.92 Å². The zero-order valence-corrected chi connectivity index (χ0v) is 6.86. The molecule has 2 unspecified atom stereocenters. The monoisotopic (exact) mass is 201 g/mol. The third-order valence-electron chi connectivity index (χ3n) is 1.91. The highest BCUT2D eigenvalue weighted by atomic mass is 16.7. The minimum Gasteiger partial charge on any atom is -0.310 e. The van der Waals surface area contributed by atoms with E-state index >= 15 is 0 Å². The molecule has 14 heavy (non-hydrogen) atoms. The molecule has 2 atom stereocenters. The van der Waals surface area contributed by atoms with Crippen LogP contribution in [-0.2, 0) is 0 Å². The van der Waals surface area contributed by atoms with Crippen LogP contribution in [0.3, 0.4) is 0 Å². The smallest absolute Gasteiger partial charge is 0.310 e. The molecule has 0 aromatic rings. The minimum atomic E-state index is -2.28. The van der Waals surface area contributed by atoms with E-state index in [0.717, 1.165) is 12.2 Å². The Labute approximate surface area is 77.8 Å². The Morgan fingerprint density at radius 3 is 2.36 bits per heavy atom. The summed E-state index contributed by atoms with van der Waals surface area (Å²) in [6.45, 7) is 0. The molecule has 0 saturated carbocycles. The zero-order valence-electron chi connectivity index (χ0n) is 6.86.